The molecule has 116 valence electrons. The van der Waals surface area contributed by atoms with Crippen molar-refractivity contribution in [3.05, 3.63) is 36.8 Å². The topological polar surface area (TPSA) is 85.8 Å². The van der Waals surface area contributed by atoms with Gasteiger partial charge in [0.05, 0.1) is 11.9 Å². The van der Waals surface area contributed by atoms with Gasteiger partial charge in [-0.1, -0.05) is 0 Å². The number of aromatic nitrogens is 3. The lowest BCUT2D eigenvalue weighted by Gasteiger charge is -2.07. The van der Waals surface area contributed by atoms with Crippen molar-refractivity contribution in [2.75, 3.05) is 5.32 Å². The third-order valence-electron chi connectivity index (χ3n) is 2.60. The number of anilines is 1. The van der Waals surface area contributed by atoms with Crippen molar-refractivity contribution in [1.82, 2.24) is 14.8 Å². The van der Waals surface area contributed by atoms with Crippen LogP contribution in [0.4, 0.5) is 5.69 Å². The van der Waals surface area contributed by atoms with E-state index >= 15 is 0 Å². The van der Waals surface area contributed by atoms with Crippen molar-refractivity contribution < 1.29 is 4.79 Å². The van der Waals surface area contributed by atoms with E-state index in [0.29, 0.717) is 24.3 Å². The first-order chi connectivity index (χ1) is 9.15. The van der Waals surface area contributed by atoms with Gasteiger partial charge in [-0.3, -0.25) is 4.79 Å². The van der Waals surface area contributed by atoms with Crippen molar-refractivity contribution in [3.63, 3.8) is 0 Å². The van der Waals surface area contributed by atoms with Gasteiger partial charge in [-0.25, -0.2) is 9.67 Å². The molecule has 0 aliphatic carbocycles. The summed E-state index contributed by atoms with van der Waals surface area (Å²) in [5.41, 5.74) is 6.28. The molecule has 0 aliphatic rings. The van der Waals surface area contributed by atoms with Crippen LogP contribution in [0.1, 0.15) is 19.8 Å². The Labute approximate surface area is 135 Å². The van der Waals surface area contributed by atoms with Crippen LogP contribution in [-0.2, 0) is 4.79 Å². The second kappa shape index (κ2) is 9.33. The molecular formula is C13H19Cl2N5O. The summed E-state index contributed by atoms with van der Waals surface area (Å²) in [6.45, 7) is 1.88. The number of nitrogens with zero attached hydrogens (tertiary/aromatic N) is 3. The van der Waals surface area contributed by atoms with Crippen LogP contribution in [0, 0.1) is 0 Å². The Morgan fingerprint density at radius 3 is 2.71 bits per heavy atom. The van der Waals surface area contributed by atoms with Crippen LogP contribution in [0.3, 0.4) is 0 Å². The van der Waals surface area contributed by atoms with Crippen molar-refractivity contribution in [1.29, 1.82) is 0 Å². The van der Waals surface area contributed by atoms with Gasteiger partial charge in [0.2, 0.25) is 5.91 Å². The molecule has 0 aromatic carbocycles. The molecule has 8 heteroatoms. The highest BCUT2D eigenvalue weighted by Gasteiger charge is 2.05. The van der Waals surface area contributed by atoms with Gasteiger partial charge < -0.3 is 11.1 Å². The number of nitrogens with two attached hydrogens (primary N) is 1. The van der Waals surface area contributed by atoms with E-state index in [1.807, 2.05) is 19.2 Å². The van der Waals surface area contributed by atoms with Crippen LogP contribution in [0.5, 0.6) is 0 Å². The summed E-state index contributed by atoms with van der Waals surface area (Å²) in [6.07, 6.45) is 6.19. The van der Waals surface area contributed by atoms with E-state index in [-0.39, 0.29) is 36.8 Å². The zero-order valence-corrected chi connectivity index (χ0v) is 13.2. The molecule has 0 spiro atoms. The summed E-state index contributed by atoms with van der Waals surface area (Å²) in [5, 5.41) is 6.86. The predicted molar refractivity (Wildman–Crippen MR) is 87.4 cm³/mol. The van der Waals surface area contributed by atoms with Gasteiger partial charge in [-0.05, 0) is 31.5 Å². The highest BCUT2D eigenvalue weighted by molar-refractivity contribution is 5.90. The summed E-state index contributed by atoms with van der Waals surface area (Å²) in [4.78, 5) is 15.8. The van der Waals surface area contributed by atoms with Gasteiger partial charge in [-0.2, -0.15) is 5.10 Å². The average Bonchev–Trinajstić information content (AvgIpc) is 2.91. The molecule has 3 N–H and O–H groups in total. The minimum Gasteiger partial charge on any atom is -0.328 e. The van der Waals surface area contributed by atoms with Crippen molar-refractivity contribution >= 4 is 36.4 Å². The Bertz CT molecular complexity index is 528. The second-order valence-electron chi connectivity index (χ2n) is 4.42. The Morgan fingerprint density at radius 1 is 1.43 bits per heavy atom. The van der Waals surface area contributed by atoms with Crippen LogP contribution in [0.25, 0.3) is 5.82 Å². The third-order valence-corrected chi connectivity index (χ3v) is 2.60. The highest BCUT2D eigenvalue weighted by Crippen LogP contribution is 2.09. The molecule has 2 heterocycles. The number of rotatable bonds is 5. The molecule has 1 amide bonds. The molecule has 0 aliphatic heterocycles. The van der Waals surface area contributed by atoms with Crippen LogP contribution in [0.15, 0.2) is 36.8 Å². The summed E-state index contributed by atoms with van der Waals surface area (Å²) in [6, 6.07) is 5.46. The lowest BCUT2D eigenvalue weighted by atomic mass is 10.2. The normalized spacial score (nSPS) is 11.0. The van der Waals surface area contributed by atoms with E-state index in [2.05, 4.69) is 15.4 Å². The number of carbonyl (C=O) groups excluding carboxylic acids is 1. The highest BCUT2D eigenvalue weighted by atomic mass is 35.5. The van der Waals surface area contributed by atoms with Crippen LogP contribution < -0.4 is 11.1 Å². The maximum absolute atomic E-state index is 11.6. The Hall–Kier alpha value is -1.63. The Balaban J connectivity index is 0.00000200. The first-order valence-electron chi connectivity index (χ1n) is 6.16. The number of hydrogen-bond acceptors (Lipinski definition) is 4. The van der Waals surface area contributed by atoms with E-state index in [0.717, 1.165) is 0 Å². The zero-order chi connectivity index (χ0) is 13.7. The quantitative estimate of drug-likeness (QED) is 0.879. The monoisotopic (exact) mass is 331 g/mol. The van der Waals surface area contributed by atoms with Gasteiger partial charge >= 0.3 is 0 Å². The minimum absolute atomic E-state index is 0. The largest absolute Gasteiger partial charge is 0.328 e. The van der Waals surface area contributed by atoms with Crippen LogP contribution in [-0.4, -0.2) is 26.7 Å². The fourth-order valence-electron chi connectivity index (χ4n) is 1.58. The first kappa shape index (κ1) is 19.4. The minimum atomic E-state index is -0.0501. The summed E-state index contributed by atoms with van der Waals surface area (Å²) < 4.78 is 1.65. The molecule has 21 heavy (non-hydrogen) atoms. The van der Waals surface area contributed by atoms with E-state index in [9.17, 15) is 4.79 Å². The fourth-order valence-corrected chi connectivity index (χ4v) is 1.58. The maximum Gasteiger partial charge on any atom is 0.224 e. The summed E-state index contributed by atoms with van der Waals surface area (Å²) in [7, 11) is 0. The van der Waals surface area contributed by atoms with E-state index < -0.39 is 0 Å². The number of hydrogen-bond donors (Lipinski definition) is 2. The molecule has 1 atom stereocenters. The van der Waals surface area contributed by atoms with E-state index in [1.54, 1.807) is 29.2 Å². The molecule has 6 nitrogen and oxygen atoms in total. The predicted octanol–water partition coefficient (Wildman–Crippen LogP) is 2.18. The van der Waals surface area contributed by atoms with Crippen molar-refractivity contribution in [2.45, 2.75) is 25.8 Å². The van der Waals surface area contributed by atoms with Crippen LogP contribution >= 0.6 is 24.8 Å². The number of pyridine rings is 1. The number of halogens is 2. The van der Waals surface area contributed by atoms with E-state index in [4.69, 9.17) is 5.73 Å². The van der Waals surface area contributed by atoms with Gasteiger partial charge in [0.15, 0.2) is 5.82 Å². The maximum atomic E-state index is 11.6. The second-order valence-corrected chi connectivity index (χ2v) is 4.42. The molecule has 2 aromatic heterocycles. The molecule has 2 aromatic rings. The van der Waals surface area contributed by atoms with Crippen molar-refractivity contribution in [3.8, 4) is 5.82 Å². The molecule has 0 bridgehead atoms. The standard InChI is InChI=1S/C13H17N5O.2ClH/c1-10(14)3-6-13(19)17-11-4-5-12(15-9-11)18-8-2-7-16-18;;/h2,4-5,7-10H,3,6,14H2,1H3,(H,17,19);2*1H. The first-order valence-corrected chi connectivity index (χ1v) is 6.16. The van der Waals surface area contributed by atoms with Crippen LogP contribution in [0.2, 0.25) is 0 Å². The van der Waals surface area contributed by atoms with Gasteiger partial charge in [0, 0.05) is 24.9 Å². The van der Waals surface area contributed by atoms with Gasteiger partial charge in [0.1, 0.15) is 0 Å². The van der Waals surface area contributed by atoms with Gasteiger partial charge in [0.25, 0.3) is 0 Å². The van der Waals surface area contributed by atoms with Crippen molar-refractivity contribution in [2.24, 2.45) is 5.73 Å². The molecule has 0 radical (unpaired) electrons. The molecule has 2 rings (SSSR count). The molecule has 0 saturated carbocycles. The number of nitrogens with one attached hydrogen (secondary N) is 1. The fraction of sp³-hybridized carbons (Fsp3) is 0.308. The van der Waals surface area contributed by atoms with E-state index in [1.165, 1.54) is 0 Å². The zero-order valence-electron chi connectivity index (χ0n) is 11.6. The average molecular weight is 332 g/mol. The Kier molecular flexibility index (Phi) is 8.61. The molecule has 1 unspecified atom stereocenters. The lowest BCUT2D eigenvalue weighted by Crippen LogP contribution is -2.19. The number of amides is 1. The SMILES string of the molecule is CC(N)CCC(=O)Nc1ccc(-n2cccn2)nc1.Cl.Cl. The smallest absolute Gasteiger partial charge is 0.224 e. The molecular weight excluding hydrogens is 313 g/mol. The number of carbonyl (C=O) groups is 1. The third kappa shape index (κ3) is 6.12. The summed E-state index contributed by atoms with van der Waals surface area (Å²) >= 11 is 0. The molecule has 0 saturated heterocycles. The van der Waals surface area contributed by atoms with Gasteiger partial charge in [-0.15, -0.1) is 24.8 Å². The molecule has 0 fully saturated rings. The summed E-state index contributed by atoms with van der Waals surface area (Å²) in [5.74, 6) is 0.657. The lowest BCUT2D eigenvalue weighted by molar-refractivity contribution is -0.116. The Morgan fingerprint density at radius 2 is 2.19 bits per heavy atom.